The lowest BCUT2D eigenvalue weighted by Crippen LogP contribution is -2.39. The van der Waals surface area contributed by atoms with Crippen LogP contribution in [0.2, 0.25) is 0 Å². The second-order valence-electron chi connectivity index (χ2n) is 1.59. The van der Waals surface area contributed by atoms with Crippen molar-refractivity contribution < 1.29 is 4.84 Å². The number of hydrogen-bond acceptors (Lipinski definition) is 3. The summed E-state index contributed by atoms with van der Waals surface area (Å²) in [5.41, 5.74) is 7.79. The highest BCUT2D eigenvalue weighted by Gasteiger charge is 1.90. The Morgan fingerprint density at radius 1 is 1.70 bits per heavy atom. The molecule has 0 aliphatic heterocycles. The number of rotatable bonds is 3. The maximum Gasteiger partial charge on any atom is 0.215 e. The fraction of sp³-hybridized carbons (Fsp3) is 0.800. The van der Waals surface area contributed by atoms with Gasteiger partial charge in [-0.2, -0.15) is 0 Å². The lowest BCUT2D eigenvalue weighted by molar-refractivity contribution is 0.141. The van der Waals surface area contributed by atoms with E-state index in [1.54, 1.807) is 7.05 Å². The molecular formula is C5H14N4O. The van der Waals surface area contributed by atoms with E-state index in [-0.39, 0.29) is 0 Å². The van der Waals surface area contributed by atoms with Crippen LogP contribution in [0, 0.1) is 0 Å². The second-order valence-corrected chi connectivity index (χ2v) is 1.59. The average Bonchev–Trinajstić information content (AvgIpc) is 1.98. The van der Waals surface area contributed by atoms with Crippen LogP contribution in [0.1, 0.15) is 0 Å². The zero-order valence-corrected chi connectivity index (χ0v) is 6.35. The minimum Gasteiger partial charge on any atom is -0.353 e. The van der Waals surface area contributed by atoms with Crippen molar-refractivity contribution in [3.05, 3.63) is 0 Å². The third-order valence-electron chi connectivity index (χ3n) is 0.859. The Morgan fingerprint density at radius 2 is 2.40 bits per heavy atom. The van der Waals surface area contributed by atoms with E-state index in [2.05, 4.69) is 20.6 Å². The van der Waals surface area contributed by atoms with Crippen LogP contribution in [0.25, 0.3) is 0 Å². The molecule has 0 rings (SSSR count). The minimum atomic E-state index is 0.574. The van der Waals surface area contributed by atoms with E-state index in [9.17, 15) is 0 Å². The van der Waals surface area contributed by atoms with Crippen molar-refractivity contribution in [1.29, 1.82) is 0 Å². The molecule has 0 saturated heterocycles. The Labute approximate surface area is 60.6 Å². The number of nitrogens with zero attached hydrogens (tertiary/aromatic N) is 1. The molecule has 4 N–H and O–H groups in total. The molecule has 0 unspecified atom stereocenters. The summed E-state index contributed by atoms with van der Waals surface area (Å²) in [7, 11) is 3.18. The number of nitrogens with two attached hydrogens (primary N) is 1. The van der Waals surface area contributed by atoms with Gasteiger partial charge < -0.3 is 11.1 Å². The molecule has 0 saturated carbocycles. The van der Waals surface area contributed by atoms with Crippen molar-refractivity contribution in [2.75, 3.05) is 27.2 Å². The maximum absolute atomic E-state index is 5.24. The highest BCUT2D eigenvalue weighted by molar-refractivity contribution is 5.78. The van der Waals surface area contributed by atoms with E-state index in [0.29, 0.717) is 19.0 Å². The van der Waals surface area contributed by atoms with E-state index in [4.69, 9.17) is 5.73 Å². The van der Waals surface area contributed by atoms with Gasteiger partial charge in [-0.25, -0.2) is 5.48 Å². The lowest BCUT2D eigenvalue weighted by Gasteiger charge is -2.07. The average molecular weight is 146 g/mol. The van der Waals surface area contributed by atoms with Crippen LogP contribution in [0.3, 0.4) is 0 Å². The maximum atomic E-state index is 5.24. The van der Waals surface area contributed by atoms with Crippen LogP contribution in [-0.2, 0) is 4.84 Å². The van der Waals surface area contributed by atoms with E-state index in [1.807, 2.05) is 0 Å². The smallest absolute Gasteiger partial charge is 0.215 e. The van der Waals surface area contributed by atoms with E-state index in [1.165, 1.54) is 7.11 Å². The number of nitrogens with one attached hydrogen (secondary N) is 2. The number of hydrogen-bond donors (Lipinski definition) is 3. The second kappa shape index (κ2) is 6.31. The van der Waals surface area contributed by atoms with Gasteiger partial charge in [0.05, 0.1) is 7.11 Å². The largest absolute Gasteiger partial charge is 0.353 e. The predicted molar refractivity (Wildman–Crippen MR) is 40.6 cm³/mol. The summed E-state index contributed by atoms with van der Waals surface area (Å²) >= 11 is 0. The first-order valence-corrected chi connectivity index (χ1v) is 3.04. The van der Waals surface area contributed by atoms with E-state index in [0.717, 1.165) is 0 Å². The quantitative estimate of drug-likeness (QED) is 0.262. The zero-order chi connectivity index (χ0) is 7.82. The first kappa shape index (κ1) is 9.19. The Balaban J connectivity index is 3.41. The number of aliphatic imine (C=N–C) groups is 1. The van der Waals surface area contributed by atoms with Gasteiger partial charge in [-0.05, 0) is 0 Å². The molecule has 0 spiro atoms. The van der Waals surface area contributed by atoms with Crippen LogP contribution >= 0.6 is 0 Å². The molecule has 0 atom stereocenters. The van der Waals surface area contributed by atoms with E-state index < -0.39 is 0 Å². The molecule has 0 aromatic carbocycles. The predicted octanol–water partition coefficient (Wildman–Crippen LogP) is -1.33. The standard InChI is InChI=1S/C5H14N4O/c1-7-5(9-10-2)8-4-3-6/h3-4,6H2,1-2H3,(H2,7,8,9). The molecule has 0 bridgehead atoms. The Hall–Kier alpha value is -0.810. The summed E-state index contributed by atoms with van der Waals surface area (Å²) < 4.78 is 0. The Morgan fingerprint density at radius 3 is 2.80 bits per heavy atom. The summed E-state index contributed by atoms with van der Waals surface area (Å²) in [6, 6.07) is 0. The molecule has 0 aliphatic rings. The monoisotopic (exact) mass is 146 g/mol. The molecule has 0 heterocycles. The van der Waals surface area contributed by atoms with Crippen LogP contribution in [0.15, 0.2) is 4.99 Å². The summed E-state index contributed by atoms with van der Waals surface area (Å²) in [5.74, 6) is 0.591. The molecule has 0 aliphatic carbocycles. The van der Waals surface area contributed by atoms with Gasteiger partial charge in [0, 0.05) is 20.1 Å². The topological polar surface area (TPSA) is 71.7 Å². The molecule has 60 valence electrons. The Kier molecular flexibility index (Phi) is 5.80. The van der Waals surface area contributed by atoms with Gasteiger partial charge in [0.15, 0.2) is 0 Å². The first-order valence-electron chi connectivity index (χ1n) is 3.04. The fourth-order valence-corrected chi connectivity index (χ4v) is 0.448. The molecule has 5 heteroatoms. The van der Waals surface area contributed by atoms with Crippen molar-refractivity contribution >= 4 is 5.96 Å². The Bertz CT molecular complexity index is 104. The molecule has 0 fully saturated rings. The van der Waals surface area contributed by atoms with Gasteiger partial charge in [-0.1, -0.05) is 0 Å². The number of guanidine groups is 1. The van der Waals surface area contributed by atoms with Crippen molar-refractivity contribution in [2.24, 2.45) is 10.7 Å². The highest BCUT2D eigenvalue weighted by Crippen LogP contribution is 1.64. The highest BCUT2D eigenvalue weighted by atomic mass is 16.6. The zero-order valence-electron chi connectivity index (χ0n) is 6.35. The van der Waals surface area contributed by atoms with Gasteiger partial charge in [0.25, 0.3) is 0 Å². The fourth-order valence-electron chi connectivity index (χ4n) is 0.448. The van der Waals surface area contributed by atoms with Crippen LogP contribution < -0.4 is 16.5 Å². The van der Waals surface area contributed by atoms with Gasteiger partial charge >= 0.3 is 0 Å². The van der Waals surface area contributed by atoms with Crippen molar-refractivity contribution in [3.8, 4) is 0 Å². The van der Waals surface area contributed by atoms with Gasteiger partial charge in [0.2, 0.25) is 5.96 Å². The molecule has 0 amide bonds. The molecule has 10 heavy (non-hydrogen) atoms. The van der Waals surface area contributed by atoms with Crippen molar-refractivity contribution in [1.82, 2.24) is 10.8 Å². The summed E-state index contributed by atoms with van der Waals surface area (Å²) in [5, 5.41) is 2.91. The molecule has 0 radical (unpaired) electrons. The van der Waals surface area contributed by atoms with Crippen LogP contribution in [0.5, 0.6) is 0 Å². The van der Waals surface area contributed by atoms with Crippen molar-refractivity contribution in [3.63, 3.8) is 0 Å². The summed E-state index contributed by atoms with van der Waals surface area (Å²) in [6.07, 6.45) is 0. The number of hydroxylamine groups is 1. The summed E-state index contributed by atoms with van der Waals surface area (Å²) in [4.78, 5) is 8.44. The SMILES string of the molecule is CN=C(NCCN)NOC. The molecule has 5 nitrogen and oxygen atoms in total. The van der Waals surface area contributed by atoms with E-state index >= 15 is 0 Å². The molecular weight excluding hydrogens is 132 g/mol. The van der Waals surface area contributed by atoms with Crippen LogP contribution in [0.4, 0.5) is 0 Å². The third kappa shape index (κ3) is 4.11. The van der Waals surface area contributed by atoms with Gasteiger partial charge in [-0.3, -0.25) is 9.83 Å². The first-order chi connectivity index (χ1) is 4.85. The van der Waals surface area contributed by atoms with Crippen LogP contribution in [-0.4, -0.2) is 33.2 Å². The third-order valence-corrected chi connectivity index (χ3v) is 0.859. The minimum absolute atomic E-state index is 0.574. The lowest BCUT2D eigenvalue weighted by atomic mass is 10.6. The van der Waals surface area contributed by atoms with Gasteiger partial charge in [0.1, 0.15) is 0 Å². The normalized spacial score (nSPS) is 11.3. The van der Waals surface area contributed by atoms with Gasteiger partial charge in [-0.15, -0.1) is 0 Å². The summed E-state index contributed by atoms with van der Waals surface area (Å²) in [6.45, 7) is 1.26. The molecule has 0 aromatic heterocycles. The molecule has 0 aromatic rings. The van der Waals surface area contributed by atoms with Crippen molar-refractivity contribution in [2.45, 2.75) is 0 Å².